The van der Waals surface area contributed by atoms with Crippen molar-refractivity contribution in [3.05, 3.63) is 17.8 Å². The number of H-pyrrole nitrogens is 1. The Labute approximate surface area is 63.4 Å². The first-order valence-electron chi connectivity index (χ1n) is 3.34. The van der Waals surface area contributed by atoms with E-state index < -0.39 is 0 Å². The molecule has 0 spiro atoms. The van der Waals surface area contributed by atoms with Gasteiger partial charge in [-0.25, -0.2) is 4.98 Å². The molecular weight excluding hydrogens is 140 g/mol. The summed E-state index contributed by atoms with van der Waals surface area (Å²) in [5.74, 6) is 0.504. The van der Waals surface area contributed by atoms with Crippen LogP contribution in [0.2, 0.25) is 0 Å². The summed E-state index contributed by atoms with van der Waals surface area (Å²) >= 11 is 0. The first-order chi connectivity index (χ1) is 5.27. The van der Waals surface area contributed by atoms with E-state index in [1.165, 1.54) is 0 Å². The first kappa shape index (κ1) is 6.15. The normalized spacial score (nSPS) is 10.6. The number of aromatic nitrogens is 3. The van der Waals surface area contributed by atoms with Crippen LogP contribution in [0.15, 0.2) is 12.1 Å². The molecule has 0 saturated heterocycles. The second kappa shape index (κ2) is 1.95. The molecule has 0 atom stereocenters. The molecule has 2 aromatic heterocycles. The Morgan fingerprint density at radius 2 is 2.27 bits per heavy atom. The number of fused-ring (bicyclic) bond motifs is 1. The Kier molecular flexibility index (Phi) is 1.09. The largest absolute Gasteiger partial charge is 0.384 e. The number of hydrogen-bond donors (Lipinski definition) is 2. The van der Waals surface area contributed by atoms with E-state index in [1.807, 2.05) is 13.0 Å². The van der Waals surface area contributed by atoms with Gasteiger partial charge in [0.05, 0.1) is 0 Å². The van der Waals surface area contributed by atoms with E-state index in [-0.39, 0.29) is 0 Å². The molecule has 3 N–H and O–H groups in total. The van der Waals surface area contributed by atoms with Gasteiger partial charge in [0.15, 0.2) is 5.65 Å². The van der Waals surface area contributed by atoms with Crippen LogP contribution in [0.5, 0.6) is 0 Å². The van der Waals surface area contributed by atoms with Crippen molar-refractivity contribution in [1.29, 1.82) is 0 Å². The second-order valence-electron chi connectivity index (χ2n) is 2.46. The summed E-state index contributed by atoms with van der Waals surface area (Å²) in [6.07, 6.45) is 0. The minimum atomic E-state index is 0.504. The molecule has 0 aliphatic rings. The molecule has 0 aromatic carbocycles. The van der Waals surface area contributed by atoms with Crippen LogP contribution in [0.1, 0.15) is 5.69 Å². The summed E-state index contributed by atoms with van der Waals surface area (Å²) in [5.41, 5.74) is 7.17. The van der Waals surface area contributed by atoms with E-state index >= 15 is 0 Å². The quantitative estimate of drug-likeness (QED) is 0.582. The van der Waals surface area contributed by atoms with Crippen molar-refractivity contribution < 1.29 is 0 Å². The van der Waals surface area contributed by atoms with E-state index in [1.54, 1.807) is 6.07 Å². The minimum Gasteiger partial charge on any atom is -0.384 e. The Morgan fingerprint density at radius 1 is 1.45 bits per heavy atom. The van der Waals surface area contributed by atoms with Crippen molar-refractivity contribution >= 4 is 16.9 Å². The topological polar surface area (TPSA) is 67.6 Å². The third-order valence-electron chi connectivity index (χ3n) is 1.63. The number of aromatic amines is 1. The molecule has 2 heterocycles. The number of anilines is 1. The maximum Gasteiger partial charge on any atom is 0.183 e. The maximum atomic E-state index is 5.47. The fourth-order valence-electron chi connectivity index (χ4n) is 1.04. The van der Waals surface area contributed by atoms with E-state index in [9.17, 15) is 0 Å². The summed E-state index contributed by atoms with van der Waals surface area (Å²) in [4.78, 5) is 4.03. The Hall–Kier alpha value is -1.58. The summed E-state index contributed by atoms with van der Waals surface area (Å²) in [5, 5.41) is 7.83. The number of rotatable bonds is 0. The molecule has 0 saturated carbocycles. The summed E-state index contributed by atoms with van der Waals surface area (Å²) in [6.45, 7) is 1.95. The van der Waals surface area contributed by atoms with Gasteiger partial charge >= 0.3 is 0 Å². The van der Waals surface area contributed by atoms with Gasteiger partial charge in [0, 0.05) is 11.1 Å². The van der Waals surface area contributed by atoms with Gasteiger partial charge in [-0.1, -0.05) is 0 Å². The second-order valence-corrected chi connectivity index (χ2v) is 2.46. The summed E-state index contributed by atoms with van der Waals surface area (Å²) in [6, 6.07) is 3.68. The third kappa shape index (κ3) is 0.832. The van der Waals surface area contributed by atoms with Crippen LogP contribution < -0.4 is 5.73 Å². The van der Waals surface area contributed by atoms with Gasteiger partial charge in [-0.05, 0) is 19.1 Å². The third-order valence-corrected chi connectivity index (χ3v) is 1.63. The average molecular weight is 148 g/mol. The molecule has 0 fully saturated rings. The molecular formula is C7H8N4. The lowest BCUT2D eigenvalue weighted by Crippen LogP contribution is -1.88. The van der Waals surface area contributed by atoms with Crippen molar-refractivity contribution in [2.24, 2.45) is 0 Å². The lowest BCUT2D eigenvalue weighted by Gasteiger charge is -1.89. The zero-order valence-electron chi connectivity index (χ0n) is 6.13. The van der Waals surface area contributed by atoms with Gasteiger partial charge in [0.25, 0.3) is 0 Å². The molecule has 0 aliphatic carbocycles. The van der Waals surface area contributed by atoms with Crippen LogP contribution in [0.25, 0.3) is 11.0 Å². The molecule has 2 aromatic rings. The smallest absolute Gasteiger partial charge is 0.183 e. The number of nitrogens with one attached hydrogen (secondary N) is 1. The Balaban J connectivity index is 2.86. The predicted octanol–water partition coefficient (Wildman–Crippen LogP) is 0.849. The van der Waals surface area contributed by atoms with Crippen LogP contribution in [-0.4, -0.2) is 15.2 Å². The maximum absolute atomic E-state index is 5.47. The van der Waals surface area contributed by atoms with Gasteiger partial charge in [-0.2, -0.15) is 5.10 Å². The number of nitrogens with zero attached hydrogens (tertiary/aromatic N) is 2. The fourth-order valence-corrected chi connectivity index (χ4v) is 1.04. The predicted molar refractivity (Wildman–Crippen MR) is 43.0 cm³/mol. The van der Waals surface area contributed by atoms with Crippen molar-refractivity contribution in [3.8, 4) is 0 Å². The monoisotopic (exact) mass is 148 g/mol. The van der Waals surface area contributed by atoms with E-state index in [4.69, 9.17) is 5.73 Å². The van der Waals surface area contributed by atoms with Gasteiger partial charge < -0.3 is 5.73 Å². The van der Waals surface area contributed by atoms with Crippen LogP contribution in [0.3, 0.4) is 0 Å². The van der Waals surface area contributed by atoms with Gasteiger partial charge in [0.1, 0.15) is 5.82 Å². The van der Waals surface area contributed by atoms with E-state index in [2.05, 4.69) is 15.2 Å². The van der Waals surface area contributed by atoms with Crippen LogP contribution in [0.4, 0.5) is 5.82 Å². The highest BCUT2D eigenvalue weighted by atomic mass is 15.2. The van der Waals surface area contributed by atoms with Crippen molar-refractivity contribution in [2.45, 2.75) is 6.92 Å². The zero-order valence-corrected chi connectivity index (χ0v) is 6.13. The number of hydrogen-bond acceptors (Lipinski definition) is 3. The summed E-state index contributed by atoms with van der Waals surface area (Å²) < 4.78 is 0. The minimum absolute atomic E-state index is 0.504. The highest BCUT2D eigenvalue weighted by Gasteiger charge is 2.00. The van der Waals surface area contributed by atoms with Gasteiger partial charge in [0.2, 0.25) is 0 Å². The molecule has 4 heteroatoms. The number of nitrogens with two attached hydrogens (primary N) is 1. The van der Waals surface area contributed by atoms with Crippen LogP contribution >= 0.6 is 0 Å². The molecule has 0 radical (unpaired) electrons. The van der Waals surface area contributed by atoms with E-state index in [0.29, 0.717) is 11.5 Å². The highest BCUT2D eigenvalue weighted by molar-refractivity contribution is 5.78. The first-order valence-corrected chi connectivity index (χ1v) is 3.34. The molecule has 0 unspecified atom stereocenters. The fraction of sp³-hybridized carbons (Fsp3) is 0.143. The lowest BCUT2D eigenvalue weighted by atomic mass is 10.3. The molecule has 0 bridgehead atoms. The molecule has 2 rings (SSSR count). The van der Waals surface area contributed by atoms with Crippen molar-refractivity contribution in [3.63, 3.8) is 0 Å². The summed E-state index contributed by atoms with van der Waals surface area (Å²) in [7, 11) is 0. The Bertz CT molecular complexity index is 390. The van der Waals surface area contributed by atoms with Crippen molar-refractivity contribution in [1.82, 2.24) is 15.2 Å². The standard InChI is InChI=1S/C7H8N4/c1-4-5-2-3-6(8)9-7(5)11-10-4/h2-3H,1H3,(H3,8,9,10,11). The van der Waals surface area contributed by atoms with Crippen LogP contribution in [0, 0.1) is 6.92 Å². The molecule has 0 amide bonds. The lowest BCUT2D eigenvalue weighted by molar-refractivity contribution is 1.06. The van der Waals surface area contributed by atoms with Gasteiger partial charge in [-0.3, -0.25) is 5.10 Å². The number of aryl methyl sites for hydroxylation is 1. The Morgan fingerprint density at radius 3 is 3.09 bits per heavy atom. The van der Waals surface area contributed by atoms with Crippen molar-refractivity contribution in [2.75, 3.05) is 5.73 Å². The van der Waals surface area contributed by atoms with Gasteiger partial charge in [-0.15, -0.1) is 0 Å². The molecule has 4 nitrogen and oxygen atoms in total. The molecule has 0 aliphatic heterocycles. The number of pyridine rings is 1. The SMILES string of the molecule is Cc1[nH]nc2nc(N)ccc12. The highest BCUT2D eigenvalue weighted by Crippen LogP contribution is 2.13. The molecule has 11 heavy (non-hydrogen) atoms. The molecule has 56 valence electrons. The number of nitrogen functional groups attached to an aromatic ring is 1. The van der Waals surface area contributed by atoms with E-state index in [0.717, 1.165) is 11.1 Å². The average Bonchev–Trinajstić information content (AvgIpc) is 2.32. The van der Waals surface area contributed by atoms with Crippen LogP contribution in [-0.2, 0) is 0 Å². The zero-order chi connectivity index (χ0) is 7.84.